The molecule has 1 atom stereocenters. The van der Waals surface area contributed by atoms with Crippen LogP contribution in [0, 0.1) is 11.8 Å². The van der Waals surface area contributed by atoms with Gasteiger partial charge in [0.05, 0.1) is 12.8 Å². The van der Waals surface area contributed by atoms with Crippen molar-refractivity contribution in [3.63, 3.8) is 0 Å². The van der Waals surface area contributed by atoms with Gasteiger partial charge in [0.2, 0.25) is 0 Å². The molecule has 0 unspecified atom stereocenters. The average molecular weight is 317 g/mol. The molecule has 128 valence electrons. The van der Waals surface area contributed by atoms with Crippen molar-refractivity contribution < 1.29 is 4.74 Å². The first-order chi connectivity index (χ1) is 11.2. The normalized spacial score (nSPS) is 23.9. The number of hydrogen-bond donors (Lipinski definition) is 0. The molecule has 1 saturated carbocycles. The van der Waals surface area contributed by atoms with Crippen LogP contribution in [0.5, 0.6) is 5.75 Å². The van der Waals surface area contributed by atoms with E-state index in [9.17, 15) is 0 Å². The Balaban J connectivity index is 1.65. The van der Waals surface area contributed by atoms with Crippen molar-refractivity contribution in [2.24, 2.45) is 11.8 Å². The topological polar surface area (TPSA) is 28.6 Å². The molecule has 0 bridgehead atoms. The molecule has 1 aromatic rings. The van der Waals surface area contributed by atoms with Crippen LogP contribution in [-0.4, -0.2) is 54.1 Å². The van der Waals surface area contributed by atoms with Crippen molar-refractivity contribution in [3.05, 3.63) is 24.0 Å². The fourth-order valence-electron chi connectivity index (χ4n) is 3.67. The van der Waals surface area contributed by atoms with E-state index >= 15 is 0 Å². The van der Waals surface area contributed by atoms with Crippen molar-refractivity contribution in [1.29, 1.82) is 0 Å². The SMILES string of the molecule is COc1ccnc(CN2CCCN(CC3CC3)[C@H](C(C)C)C2)c1. The molecule has 1 aliphatic carbocycles. The molecule has 23 heavy (non-hydrogen) atoms. The Morgan fingerprint density at radius 1 is 1.30 bits per heavy atom. The van der Waals surface area contributed by atoms with Gasteiger partial charge in [0, 0.05) is 37.9 Å². The lowest BCUT2D eigenvalue weighted by molar-refractivity contribution is 0.131. The van der Waals surface area contributed by atoms with E-state index in [-0.39, 0.29) is 0 Å². The standard InChI is InChI=1S/C19H31N3O/c1-15(2)19-14-21(9-4-10-22(19)12-16-5-6-16)13-17-11-18(23-3)7-8-20-17/h7-8,11,15-16,19H,4-6,9-10,12-14H2,1-3H3/t19-/m0/s1. The van der Waals surface area contributed by atoms with E-state index in [2.05, 4.69) is 34.7 Å². The molecule has 0 amide bonds. The van der Waals surface area contributed by atoms with Gasteiger partial charge in [-0.3, -0.25) is 14.8 Å². The van der Waals surface area contributed by atoms with Gasteiger partial charge in [0.25, 0.3) is 0 Å². The van der Waals surface area contributed by atoms with E-state index < -0.39 is 0 Å². The summed E-state index contributed by atoms with van der Waals surface area (Å²) in [5.41, 5.74) is 1.11. The van der Waals surface area contributed by atoms with Crippen LogP contribution >= 0.6 is 0 Å². The predicted molar refractivity (Wildman–Crippen MR) is 93.6 cm³/mol. The maximum absolute atomic E-state index is 5.33. The van der Waals surface area contributed by atoms with Gasteiger partial charge in [-0.25, -0.2) is 0 Å². The smallest absolute Gasteiger partial charge is 0.122 e. The summed E-state index contributed by atoms with van der Waals surface area (Å²) in [5, 5.41) is 0. The highest BCUT2D eigenvalue weighted by molar-refractivity contribution is 5.22. The Labute approximate surface area is 140 Å². The van der Waals surface area contributed by atoms with Gasteiger partial charge < -0.3 is 4.74 Å². The lowest BCUT2D eigenvalue weighted by Gasteiger charge is -2.34. The summed E-state index contributed by atoms with van der Waals surface area (Å²) >= 11 is 0. The van der Waals surface area contributed by atoms with Crippen LogP contribution in [0.15, 0.2) is 18.3 Å². The molecule has 1 saturated heterocycles. The number of nitrogens with zero attached hydrogens (tertiary/aromatic N) is 3. The van der Waals surface area contributed by atoms with Gasteiger partial charge in [-0.1, -0.05) is 13.8 Å². The third kappa shape index (κ3) is 4.67. The lowest BCUT2D eigenvalue weighted by Crippen LogP contribution is -2.45. The first-order valence-corrected chi connectivity index (χ1v) is 9.11. The second-order valence-electron chi connectivity index (χ2n) is 7.53. The van der Waals surface area contributed by atoms with Crippen LogP contribution in [0.4, 0.5) is 0 Å². The fraction of sp³-hybridized carbons (Fsp3) is 0.737. The Kier molecular flexibility index (Phi) is 5.54. The molecule has 1 aromatic heterocycles. The van der Waals surface area contributed by atoms with Crippen molar-refractivity contribution in [2.75, 3.05) is 33.3 Å². The largest absolute Gasteiger partial charge is 0.497 e. The van der Waals surface area contributed by atoms with E-state index in [0.717, 1.165) is 30.5 Å². The highest BCUT2D eigenvalue weighted by Gasteiger charge is 2.32. The van der Waals surface area contributed by atoms with Gasteiger partial charge >= 0.3 is 0 Å². The molecule has 3 rings (SSSR count). The zero-order valence-corrected chi connectivity index (χ0v) is 14.9. The van der Waals surface area contributed by atoms with Gasteiger partial charge in [-0.2, -0.15) is 0 Å². The van der Waals surface area contributed by atoms with Crippen molar-refractivity contribution >= 4 is 0 Å². The lowest BCUT2D eigenvalue weighted by atomic mass is 10.0. The average Bonchev–Trinajstić information content (AvgIpc) is 3.36. The Morgan fingerprint density at radius 2 is 2.13 bits per heavy atom. The number of methoxy groups -OCH3 is 1. The zero-order valence-electron chi connectivity index (χ0n) is 14.9. The monoisotopic (exact) mass is 317 g/mol. The summed E-state index contributed by atoms with van der Waals surface area (Å²) in [6, 6.07) is 4.65. The maximum Gasteiger partial charge on any atom is 0.122 e. The van der Waals surface area contributed by atoms with E-state index in [4.69, 9.17) is 4.74 Å². The molecule has 0 aromatic carbocycles. The Hall–Kier alpha value is -1.13. The maximum atomic E-state index is 5.33. The summed E-state index contributed by atoms with van der Waals surface area (Å²) in [4.78, 5) is 9.87. The number of rotatable bonds is 6. The molecule has 2 heterocycles. The molecule has 0 spiro atoms. The number of aromatic nitrogens is 1. The minimum atomic E-state index is 0.670. The van der Waals surface area contributed by atoms with Crippen LogP contribution in [0.2, 0.25) is 0 Å². The fourth-order valence-corrected chi connectivity index (χ4v) is 3.67. The molecule has 0 N–H and O–H groups in total. The zero-order chi connectivity index (χ0) is 16.2. The molecule has 0 radical (unpaired) electrons. The summed E-state index contributed by atoms with van der Waals surface area (Å²) in [7, 11) is 1.72. The number of hydrogen-bond acceptors (Lipinski definition) is 4. The van der Waals surface area contributed by atoms with Crippen molar-refractivity contribution in [2.45, 2.75) is 45.7 Å². The third-order valence-electron chi connectivity index (χ3n) is 5.20. The highest BCUT2D eigenvalue weighted by atomic mass is 16.5. The van der Waals surface area contributed by atoms with Crippen LogP contribution < -0.4 is 4.74 Å². The first-order valence-electron chi connectivity index (χ1n) is 9.11. The molecule has 2 fully saturated rings. The van der Waals surface area contributed by atoms with Crippen molar-refractivity contribution in [3.8, 4) is 5.75 Å². The molecule has 4 heteroatoms. The van der Waals surface area contributed by atoms with Crippen LogP contribution in [-0.2, 0) is 6.54 Å². The highest BCUT2D eigenvalue weighted by Crippen LogP contribution is 2.32. The molecular formula is C19H31N3O. The molecule has 4 nitrogen and oxygen atoms in total. The summed E-state index contributed by atoms with van der Waals surface area (Å²) in [6.45, 7) is 10.6. The molecule has 1 aliphatic heterocycles. The van der Waals surface area contributed by atoms with E-state index in [1.54, 1.807) is 7.11 Å². The van der Waals surface area contributed by atoms with E-state index in [0.29, 0.717) is 12.0 Å². The summed E-state index contributed by atoms with van der Waals surface area (Å²) in [6.07, 6.45) is 6.00. The van der Waals surface area contributed by atoms with Crippen LogP contribution in [0.25, 0.3) is 0 Å². The second-order valence-corrected chi connectivity index (χ2v) is 7.53. The predicted octanol–water partition coefficient (Wildman–Crippen LogP) is 3.03. The van der Waals surface area contributed by atoms with E-state index in [1.807, 2.05) is 12.3 Å². The van der Waals surface area contributed by atoms with Gasteiger partial charge in [-0.15, -0.1) is 0 Å². The quantitative estimate of drug-likeness (QED) is 0.806. The Morgan fingerprint density at radius 3 is 2.83 bits per heavy atom. The van der Waals surface area contributed by atoms with Crippen LogP contribution in [0.3, 0.4) is 0 Å². The number of pyridine rings is 1. The minimum Gasteiger partial charge on any atom is -0.497 e. The number of ether oxygens (including phenoxy) is 1. The second kappa shape index (κ2) is 7.63. The molecule has 2 aliphatic rings. The minimum absolute atomic E-state index is 0.670. The third-order valence-corrected chi connectivity index (χ3v) is 5.20. The van der Waals surface area contributed by atoms with Gasteiger partial charge in [-0.05, 0) is 50.3 Å². The summed E-state index contributed by atoms with van der Waals surface area (Å²) in [5.74, 6) is 2.58. The summed E-state index contributed by atoms with van der Waals surface area (Å²) < 4.78 is 5.33. The molecular weight excluding hydrogens is 286 g/mol. The van der Waals surface area contributed by atoms with Gasteiger partial charge in [0.1, 0.15) is 5.75 Å². The first kappa shape index (κ1) is 16.7. The van der Waals surface area contributed by atoms with E-state index in [1.165, 1.54) is 38.9 Å². The van der Waals surface area contributed by atoms with Crippen molar-refractivity contribution in [1.82, 2.24) is 14.8 Å². The van der Waals surface area contributed by atoms with Crippen LogP contribution in [0.1, 0.15) is 38.8 Å². The Bertz CT molecular complexity index is 501. The van der Waals surface area contributed by atoms with Gasteiger partial charge in [0.15, 0.2) is 0 Å².